The molecule has 114 valence electrons. The first-order chi connectivity index (χ1) is 9.46. The molecule has 0 saturated carbocycles. The smallest absolute Gasteiger partial charge is 0.182 e. The van der Waals surface area contributed by atoms with Gasteiger partial charge >= 0.3 is 0 Å². The summed E-state index contributed by atoms with van der Waals surface area (Å²) in [6.45, 7) is 9.03. The van der Waals surface area contributed by atoms with E-state index in [2.05, 4.69) is 27.7 Å². The second-order valence-corrected chi connectivity index (χ2v) is 5.59. The zero-order valence-electron chi connectivity index (χ0n) is 12.9. The van der Waals surface area contributed by atoms with Gasteiger partial charge in [0.2, 0.25) is 0 Å². The summed E-state index contributed by atoms with van der Waals surface area (Å²) >= 11 is 0. The Kier molecular flexibility index (Phi) is 6.40. The first kappa shape index (κ1) is 16.9. The average molecular weight is 284 g/mol. The van der Waals surface area contributed by atoms with Crippen molar-refractivity contribution in [1.29, 1.82) is 0 Å². The molecule has 0 amide bonds. The van der Waals surface area contributed by atoms with Gasteiger partial charge in [0.15, 0.2) is 11.6 Å². The summed E-state index contributed by atoms with van der Waals surface area (Å²) in [7, 11) is 0. The minimum atomic E-state index is -0.815. The summed E-state index contributed by atoms with van der Waals surface area (Å²) in [6, 6.07) is 3.46. The second-order valence-electron chi connectivity index (χ2n) is 5.59. The van der Waals surface area contributed by atoms with Crippen LogP contribution in [0.15, 0.2) is 12.1 Å². The molecular weight excluding hydrogens is 258 g/mol. The van der Waals surface area contributed by atoms with Gasteiger partial charge in [-0.05, 0) is 24.8 Å². The fraction of sp³-hybridized carbons (Fsp3) is 0.625. The predicted octanol–water partition coefficient (Wildman–Crippen LogP) is 4.07. The number of hydrogen-bond acceptors (Lipinski definition) is 2. The van der Waals surface area contributed by atoms with Gasteiger partial charge in [-0.1, -0.05) is 33.8 Å². The fourth-order valence-electron chi connectivity index (χ4n) is 2.53. The number of halogens is 2. The van der Waals surface area contributed by atoms with E-state index >= 15 is 0 Å². The van der Waals surface area contributed by atoms with Crippen LogP contribution in [0.3, 0.4) is 0 Å². The fourth-order valence-corrected chi connectivity index (χ4v) is 2.53. The minimum Gasteiger partial charge on any atom is -0.366 e. The maximum Gasteiger partial charge on any atom is 0.182 e. The molecule has 0 saturated heterocycles. The van der Waals surface area contributed by atoms with Crippen LogP contribution in [0, 0.1) is 17.6 Å². The van der Waals surface area contributed by atoms with E-state index in [1.165, 1.54) is 0 Å². The van der Waals surface area contributed by atoms with Gasteiger partial charge in [0.25, 0.3) is 0 Å². The molecule has 0 heterocycles. The van der Waals surface area contributed by atoms with E-state index in [9.17, 15) is 8.78 Å². The third-order valence-electron chi connectivity index (χ3n) is 3.62. The lowest BCUT2D eigenvalue weighted by atomic mass is 10.0. The van der Waals surface area contributed by atoms with Crippen molar-refractivity contribution in [2.75, 3.05) is 11.4 Å². The third kappa shape index (κ3) is 3.69. The van der Waals surface area contributed by atoms with Crippen LogP contribution >= 0.6 is 0 Å². The van der Waals surface area contributed by atoms with Crippen molar-refractivity contribution in [1.82, 2.24) is 0 Å². The first-order valence-electron chi connectivity index (χ1n) is 7.39. The number of benzene rings is 1. The lowest BCUT2D eigenvalue weighted by Gasteiger charge is -2.34. The van der Waals surface area contributed by atoms with E-state index in [4.69, 9.17) is 5.73 Å². The largest absolute Gasteiger partial charge is 0.366 e. The average Bonchev–Trinajstić information content (AvgIpc) is 2.42. The number of nitrogens with zero attached hydrogens (tertiary/aromatic N) is 1. The van der Waals surface area contributed by atoms with E-state index < -0.39 is 11.6 Å². The van der Waals surface area contributed by atoms with Gasteiger partial charge in [-0.25, -0.2) is 8.78 Å². The molecule has 1 aromatic rings. The van der Waals surface area contributed by atoms with Gasteiger partial charge in [-0.2, -0.15) is 0 Å². The maximum absolute atomic E-state index is 14.3. The van der Waals surface area contributed by atoms with Crippen molar-refractivity contribution in [3.05, 3.63) is 29.3 Å². The summed E-state index contributed by atoms with van der Waals surface area (Å²) in [5.41, 5.74) is 5.99. The summed E-state index contributed by atoms with van der Waals surface area (Å²) in [5, 5.41) is 0. The second kappa shape index (κ2) is 7.58. The summed E-state index contributed by atoms with van der Waals surface area (Å²) in [4.78, 5) is 1.99. The summed E-state index contributed by atoms with van der Waals surface area (Å²) in [5.74, 6) is -1.21. The molecule has 2 N–H and O–H groups in total. The third-order valence-corrected chi connectivity index (χ3v) is 3.62. The highest BCUT2D eigenvalue weighted by molar-refractivity contribution is 5.51. The molecule has 2 nitrogen and oxygen atoms in total. The first-order valence-corrected chi connectivity index (χ1v) is 7.39. The van der Waals surface area contributed by atoms with Crippen LogP contribution in [0.5, 0.6) is 0 Å². The van der Waals surface area contributed by atoms with E-state index in [-0.39, 0.29) is 18.2 Å². The normalized spacial score (nSPS) is 11.4. The van der Waals surface area contributed by atoms with Gasteiger partial charge in [-0.3, -0.25) is 0 Å². The zero-order chi connectivity index (χ0) is 15.3. The van der Waals surface area contributed by atoms with Crippen LogP contribution in [0.4, 0.5) is 14.5 Å². The van der Waals surface area contributed by atoms with E-state index in [1.807, 2.05) is 4.90 Å². The SMILES string of the molecule is CCC(CC)N(CC(C)C)c1ccc(CN)c(F)c1F. The molecule has 0 aliphatic heterocycles. The molecule has 0 radical (unpaired) electrons. The summed E-state index contributed by atoms with van der Waals surface area (Å²) < 4.78 is 28.3. The Morgan fingerprint density at radius 2 is 1.70 bits per heavy atom. The van der Waals surface area contributed by atoms with Gasteiger partial charge in [0, 0.05) is 24.7 Å². The van der Waals surface area contributed by atoms with Gasteiger partial charge in [0.05, 0.1) is 5.69 Å². The molecular formula is C16H26F2N2. The predicted molar refractivity (Wildman–Crippen MR) is 80.8 cm³/mol. The molecule has 1 aromatic carbocycles. The van der Waals surface area contributed by atoms with Crippen molar-refractivity contribution in [3.63, 3.8) is 0 Å². The lowest BCUT2D eigenvalue weighted by molar-refractivity contribution is 0.469. The zero-order valence-corrected chi connectivity index (χ0v) is 12.9. The number of nitrogens with two attached hydrogens (primary N) is 1. The maximum atomic E-state index is 14.3. The van der Waals surface area contributed by atoms with E-state index in [1.54, 1.807) is 12.1 Å². The summed E-state index contributed by atoms with van der Waals surface area (Å²) in [6.07, 6.45) is 1.81. The van der Waals surface area contributed by atoms with Gasteiger partial charge in [0.1, 0.15) is 0 Å². The standard InChI is InChI=1S/C16H26F2N2/c1-5-13(6-2)20(10-11(3)4)14-8-7-12(9-19)15(17)16(14)18/h7-8,11,13H,5-6,9-10,19H2,1-4H3. The van der Waals surface area contributed by atoms with Crippen LogP contribution in [0.25, 0.3) is 0 Å². The highest BCUT2D eigenvalue weighted by atomic mass is 19.2. The highest BCUT2D eigenvalue weighted by Gasteiger charge is 2.22. The van der Waals surface area contributed by atoms with E-state index in [0.29, 0.717) is 18.2 Å². The molecule has 0 atom stereocenters. The van der Waals surface area contributed by atoms with Crippen molar-refractivity contribution in [2.24, 2.45) is 11.7 Å². The molecule has 20 heavy (non-hydrogen) atoms. The Labute approximate surface area is 121 Å². The number of rotatable bonds is 7. The molecule has 0 spiro atoms. The minimum absolute atomic E-state index is 0.0121. The number of hydrogen-bond donors (Lipinski definition) is 1. The number of anilines is 1. The molecule has 0 bridgehead atoms. The Morgan fingerprint density at radius 1 is 1.10 bits per heavy atom. The molecule has 1 rings (SSSR count). The lowest BCUT2D eigenvalue weighted by Crippen LogP contribution is -2.38. The Hall–Kier alpha value is -1.16. The Bertz CT molecular complexity index is 429. The Morgan fingerprint density at radius 3 is 2.15 bits per heavy atom. The van der Waals surface area contributed by atoms with Crippen LogP contribution in [-0.2, 0) is 6.54 Å². The van der Waals surface area contributed by atoms with Crippen molar-refractivity contribution in [2.45, 2.75) is 53.1 Å². The van der Waals surface area contributed by atoms with Crippen molar-refractivity contribution < 1.29 is 8.78 Å². The Balaban J connectivity index is 3.23. The van der Waals surface area contributed by atoms with Crippen LogP contribution < -0.4 is 10.6 Å². The quantitative estimate of drug-likeness (QED) is 0.817. The van der Waals surface area contributed by atoms with E-state index in [0.717, 1.165) is 12.8 Å². The molecule has 0 aromatic heterocycles. The molecule has 0 aliphatic carbocycles. The highest BCUT2D eigenvalue weighted by Crippen LogP contribution is 2.28. The monoisotopic (exact) mass is 284 g/mol. The molecule has 4 heteroatoms. The van der Waals surface area contributed by atoms with Crippen LogP contribution in [0.2, 0.25) is 0 Å². The van der Waals surface area contributed by atoms with Crippen molar-refractivity contribution >= 4 is 5.69 Å². The topological polar surface area (TPSA) is 29.3 Å². The van der Waals surface area contributed by atoms with Gasteiger partial charge < -0.3 is 10.6 Å². The molecule has 0 fully saturated rings. The van der Waals surface area contributed by atoms with Crippen LogP contribution in [0.1, 0.15) is 46.1 Å². The van der Waals surface area contributed by atoms with Crippen molar-refractivity contribution in [3.8, 4) is 0 Å². The molecule has 0 unspecified atom stereocenters. The van der Waals surface area contributed by atoms with Crippen LogP contribution in [-0.4, -0.2) is 12.6 Å². The van der Waals surface area contributed by atoms with Gasteiger partial charge in [-0.15, -0.1) is 0 Å². The molecule has 0 aliphatic rings.